The highest BCUT2D eigenvalue weighted by molar-refractivity contribution is 6.00. The minimum atomic E-state index is -0.741. The molecule has 0 radical (unpaired) electrons. The molecular formula is C21H22N4O4. The molecule has 29 heavy (non-hydrogen) atoms. The van der Waals surface area contributed by atoms with Crippen molar-refractivity contribution in [2.75, 3.05) is 18.9 Å². The molecule has 0 bridgehead atoms. The molecule has 1 heterocycles. The molecule has 2 N–H and O–H groups in total. The summed E-state index contributed by atoms with van der Waals surface area (Å²) >= 11 is 0. The van der Waals surface area contributed by atoms with E-state index in [4.69, 9.17) is 0 Å². The highest BCUT2D eigenvalue weighted by Crippen LogP contribution is 2.14. The summed E-state index contributed by atoms with van der Waals surface area (Å²) < 4.78 is 1.35. The van der Waals surface area contributed by atoms with Crippen molar-refractivity contribution in [1.29, 1.82) is 0 Å². The zero-order chi connectivity index (χ0) is 21.1. The molecule has 0 aliphatic carbocycles. The number of aromatic nitrogens is 2. The standard InChI is InChI=1S/C21H22N4O4/c1-4-25-17-10-7-14(11-16(17)23-19(27)21(25)29)20(28)24(3)12-18(26)22-15-8-5-13(2)6-9-15/h5-11H,4,12H2,1-3H3,(H,22,26)(H,23,27). The maximum Gasteiger partial charge on any atom is 0.316 e. The number of benzene rings is 2. The van der Waals surface area contributed by atoms with E-state index in [1.807, 2.05) is 19.1 Å². The lowest BCUT2D eigenvalue weighted by Gasteiger charge is -2.17. The molecule has 0 aliphatic rings. The van der Waals surface area contributed by atoms with E-state index in [2.05, 4.69) is 10.3 Å². The third-order valence-electron chi connectivity index (χ3n) is 4.60. The summed E-state index contributed by atoms with van der Waals surface area (Å²) in [6, 6.07) is 12.1. The van der Waals surface area contributed by atoms with E-state index in [9.17, 15) is 19.2 Å². The summed E-state index contributed by atoms with van der Waals surface area (Å²) in [5, 5.41) is 2.75. The van der Waals surface area contributed by atoms with Gasteiger partial charge in [-0.15, -0.1) is 0 Å². The minimum Gasteiger partial charge on any atom is -0.332 e. The molecule has 0 saturated carbocycles. The largest absolute Gasteiger partial charge is 0.332 e. The molecule has 1 aromatic heterocycles. The second-order valence-electron chi connectivity index (χ2n) is 6.81. The number of hydrogen-bond acceptors (Lipinski definition) is 4. The fraction of sp³-hybridized carbons (Fsp3) is 0.238. The van der Waals surface area contributed by atoms with E-state index >= 15 is 0 Å². The van der Waals surface area contributed by atoms with Gasteiger partial charge in [0.2, 0.25) is 5.91 Å². The quantitative estimate of drug-likeness (QED) is 0.643. The fourth-order valence-corrected chi connectivity index (χ4v) is 3.07. The van der Waals surface area contributed by atoms with Gasteiger partial charge < -0.3 is 19.8 Å². The molecule has 3 aromatic rings. The first-order valence-corrected chi connectivity index (χ1v) is 9.19. The Labute approximate surface area is 166 Å². The van der Waals surface area contributed by atoms with Gasteiger partial charge in [0.05, 0.1) is 17.6 Å². The number of aromatic amines is 1. The van der Waals surface area contributed by atoms with E-state index in [0.717, 1.165) is 5.56 Å². The van der Waals surface area contributed by atoms with Gasteiger partial charge in [0.1, 0.15) is 0 Å². The Morgan fingerprint density at radius 1 is 1.10 bits per heavy atom. The molecule has 2 aromatic carbocycles. The average molecular weight is 394 g/mol. The number of rotatable bonds is 5. The van der Waals surface area contributed by atoms with Crippen LogP contribution in [-0.2, 0) is 11.3 Å². The van der Waals surface area contributed by atoms with Crippen molar-refractivity contribution >= 4 is 28.5 Å². The molecule has 0 fully saturated rings. The monoisotopic (exact) mass is 394 g/mol. The number of nitrogens with zero attached hydrogens (tertiary/aromatic N) is 2. The van der Waals surface area contributed by atoms with E-state index in [-0.39, 0.29) is 18.4 Å². The van der Waals surface area contributed by atoms with Crippen LogP contribution >= 0.6 is 0 Å². The van der Waals surface area contributed by atoms with Crippen molar-refractivity contribution in [3.05, 3.63) is 74.3 Å². The Bertz CT molecular complexity index is 1190. The first-order valence-electron chi connectivity index (χ1n) is 9.19. The number of nitrogens with one attached hydrogen (secondary N) is 2. The van der Waals surface area contributed by atoms with Crippen LogP contribution in [0.15, 0.2) is 52.1 Å². The van der Waals surface area contributed by atoms with Crippen molar-refractivity contribution in [2.24, 2.45) is 0 Å². The van der Waals surface area contributed by atoms with Crippen LogP contribution in [0.4, 0.5) is 5.69 Å². The number of H-pyrrole nitrogens is 1. The van der Waals surface area contributed by atoms with Crippen LogP contribution in [0, 0.1) is 6.92 Å². The van der Waals surface area contributed by atoms with Crippen LogP contribution in [0.1, 0.15) is 22.8 Å². The molecule has 8 nitrogen and oxygen atoms in total. The van der Waals surface area contributed by atoms with Crippen molar-refractivity contribution in [1.82, 2.24) is 14.5 Å². The molecule has 0 saturated heterocycles. The van der Waals surface area contributed by atoms with Crippen LogP contribution < -0.4 is 16.4 Å². The van der Waals surface area contributed by atoms with Crippen LogP contribution in [0.5, 0.6) is 0 Å². The Hall–Kier alpha value is -3.68. The first-order chi connectivity index (χ1) is 13.8. The smallest absolute Gasteiger partial charge is 0.316 e. The molecule has 0 unspecified atom stereocenters. The number of amides is 2. The lowest BCUT2D eigenvalue weighted by Crippen LogP contribution is -2.36. The molecular weight excluding hydrogens is 372 g/mol. The maximum absolute atomic E-state index is 12.7. The molecule has 0 spiro atoms. The van der Waals surface area contributed by atoms with E-state index in [1.54, 1.807) is 31.2 Å². The normalized spacial score (nSPS) is 10.7. The van der Waals surface area contributed by atoms with E-state index in [0.29, 0.717) is 28.8 Å². The predicted molar refractivity (Wildman–Crippen MR) is 111 cm³/mol. The topological polar surface area (TPSA) is 104 Å². The predicted octanol–water partition coefficient (Wildman–Crippen LogP) is 1.73. The summed E-state index contributed by atoms with van der Waals surface area (Å²) in [5.41, 5.74) is 1.59. The van der Waals surface area contributed by atoms with E-state index in [1.165, 1.54) is 22.6 Å². The Morgan fingerprint density at radius 2 is 1.79 bits per heavy atom. The van der Waals surface area contributed by atoms with Crippen LogP contribution in [-0.4, -0.2) is 39.9 Å². The van der Waals surface area contributed by atoms with Gasteiger partial charge in [-0.2, -0.15) is 0 Å². The van der Waals surface area contributed by atoms with Crippen molar-refractivity contribution < 1.29 is 9.59 Å². The summed E-state index contributed by atoms with van der Waals surface area (Å²) in [7, 11) is 1.52. The zero-order valence-corrected chi connectivity index (χ0v) is 16.5. The van der Waals surface area contributed by atoms with Gasteiger partial charge in [-0.3, -0.25) is 19.2 Å². The molecule has 3 rings (SSSR count). The van der Waals surface area contributed by atoms with Gasteiger partial charge in [0.25, 0.3) is 5.91 Å². The lowest BCUT2D eigenvalue weighted by molar-refractivity contribution is -0.116. The van der Waals surface area contributed by atoms with Gasteiger partial charge in [0, 0.05) is 24.8 Å². The summed E-state index contributed by atoms with van der Waals surface area (Å²) in [5.74, 6) is -0.695. The van der Waals surface area contributed by atoms with Crippen molar-refractivity contribution in [3.8, 4) is 0 Å². The SMILES string of the molecule is CCn1c(=O)c(=O)[nH]c2cc(C(=O)N(C)CC(=O)Nc3ccc(C)cc3)ccc21. The van der Waals surface area contributed by atoms with Crippen molar-refractivity contribution in [3.63, 3.8) is 0 Å². The average Bonchev–Trinajstić information content (AvgIpc) is 2.69. The Balaban J connectivity index is 1.78. The van der Waals surface area contributed by atoms with Gasteiger partial charge in [0.15, 0.2) is 0 Å². The third-order valence-corrected chi connectivity index (χ3v) is 4.60. The molecule has 2 amide bonds. The van der Waals surface area contributed by atoms with Gasteiger partial charge in [-0.25, -0.2) is 0 Å². The molecule has 8 heteroatoms. The van der Waals surface area contributed by atoms with Gasteiger partial charge in [-0.1, -0.05) is 17.7 Å². The number of likely N-dealkylation sites (N-methyl/N-ethyl adjacent to an activating group) is 1. The maximum atomic E-state index is 12.7. The number of carbonyl (C=O) groups is 2. The van der Waals surface area contributed by atoms with Gasteiger partial charge in [-0.05, 0) is 44.2 Å². The van der Waals surface area contributed by atoms with Crippen molar-refractivity contribution in [2.45, 2.75) is 20.4 Å². The number of fused-ring (bicyclic) bond motifs is 1. The lowest BCUT2D eigenvalue weighted by atomic mass is 10.1. The highest BCUT2D eigenvalue weighted by atomic mass is 16.2. The second-order valence-corrected chi connectivity index (χ2v) is 6.81. The molecule has 0 atom stereocenters. The second kappa shape index (κ2) is 8.14. The summed E-state index contributed by atoms with van der Waals surface area (Å²) in [4.78, 5) is 52.5. The number of aryl methyl sites for hydroxylation is 2. The van der Waals surface area contributed by atoms with Crippen LogP contribution in [0.25, 0.3) is 11.0 Å². The molecule has 0 aliphatic heterocycles. The van der Waals surface area contributed by atoms with Crippen LogP contribution in [0.2, 0.25) is 0 Å². The zero-order valence-electron chi connectivity index (χ0n) is 16.5. The Morgan fingerprint density at radius 3 is 2.45 bits per heavy atom. The van der Waals surface area contributed by atoms with E-state index < -0.39 is 11.1 Å². The summed E-state index contributed by atoms with van der Waals surface area (Å²) in [6.07, 6.45) is 0. The molecule has 150 valence electrons. The Kier molecular flexibility index (Phi) is 5.63. The highest BCUT2D eigenvalue weighted by Gasteiger charge is 2.17. The number of carbonyl (C=O) groups excluding carboxylic acids is 2. The fourth-order valence-electron chi connectivity index (χ4n) is 3.07. The van der Waals surface area contributed by atoms with Gasteiger partial charge >= 0.3 is 11.1 Å². The minimum absolute atomic E-state index is 0.129. The number of anilines is 1. The number of hydrogen-bond donors (Lipinski definition) is 2. The first kappa shape index (κ1) is 20.1. The summed E-state index contributed by atoms with van der Waals surface area (Å²) in [6.45, 7) is 3.93. The third kappa shape index (κ3) is 4.26. The van der Waals surface area contributed by atoms with Crippen LogP contribution in [0.3, 0.4) is 0 Å².